The van der Waals surface area contributed by atoms with Crippen LogP contribution in [0.1, 0.15) is 31.9 Å². The van der Waals surface area contributed by atoms with Crippen LogP contribution in [0.2, 0.25) is 0 Å². The van der Waals surface area contributed by atoms with Gasteiger partial charge in [-0.1, -0.05) is 44.2 Å². The van der Waals surface area contributed by atoms with Crippen LogP contribution in [0, 0.1) is 5.92 Å². The minimum Gasteiger partial charge on any atom is -0.469 e. The first kappa shape index (κ1) is 16.0. The minimum atomic E-state index is -0.393. The molecule has 0 aliphatic carbocycles. The average Bonchev–Trinajstić information content (AvgIpc) is 2.45. The summed E-state index contributed by atoms with van der Waals surface area (Å²) in [4.78, 5) is 23.3. The predicted molar refractivity (Wildman–Crippen MR) is 77.2 cm³/mol. The van der Waals surface area contributed by atoms with Gasteiger partial charge in [-0.3, -0.25) is 4.79 Å². The summed E-state index contributed by atoms with van der Waals surface area (Å²) in [6, 6.07) is 8.69. The Hall–Kier alpha value is -2.04. The van der Waals surface area contributed by atoms with Crippen molar-refractivity contribution in [2.45, 2.75) is 26.3 Å². The van der Waals surface area contributed by atoms with E-state index in [-0.39, 0.29) is 18.4 Å². The van der Waals surface area contributed by atoms with E-state index in [1.165, 1.54) is 7.11 Å². The zero-order valence-corrected chi connectivity index (χ0v) is 12.2. The maximum Gasteiger partial charge on any atom is 0.315 e. The zero-order chi connectivity index (χ0) is 15.0. The molecule has 0 spiro atoms. The summed E-state index contributed by atoms with van der Waals surface area (Å²) < 4.78 is 4.67. The first-order chi connectivity index (χ1) is 9.52. The number of urea groups is 1. The summed E-state index contributed by atoms with van der Waals surface area (Å²) in [5, 5.41) is 5.57. The van der Waals surface area contributed by atoms with Crippen molar-refractivity contribution >= 4 is 12.0 Å². The summed E-state index contributed by atoms with van der Waals surface area (Å²) in [7, 11) is 1.34. The first-order valence-corrected chi connectivity index (χ1v) is 6.69. The summed E-state index contributed by atoms with van der Waals surface area (Å²) >= 11 is 0. The van der Waals surface area contributed by atoms with Crippen LogP contribution in [-0.4, -0.2) is 25.7 Å². The van der Waals surface area contributed by atoms with Crippen molar-refractivity contribution in [3.05, 3.63) is 35.9 Å². The lowest BCUT2D eigenvalue weighted by molar-refractivity contribution is -0.141. The van der Waals surface area contributed by atoms with Gasteiger partial charge in [0.1, 0.15) is 0 Å². The maximum atomic E-state index is 11.8. The molecule has 1 aromatic rings. The van der Waals surface area contributed by atoms with Crippen LogP contribution >= 0.6 is 0 Å². The van der Waals surface area contributed by atoms with Crippen LogP contribution in [0.25, 0.3) is 0 Å². The van der Waals surface area contributed by atoms with Gasteiger partial charge in [0.05, 0.1) is 19.6 Å². The van der Waals surface area contributed by atoms with Crippen molar-refractivity contribution in [2.24, 2.45) is 5.92 Å². The van der Waals surface area contributed by atoms with Gasteiger partial charge in [0.25, 0.3) is 0 Å². The average molecular weight is 278 g/mol. The minimum absolute atomic E-state index is 0.107. The van der Waals surface area contributed by atoms with E-state index < -0.39 is 6.04 Å². The molecule has 2 amide bonds. The summed E-state index contributed by atoms with van der Waals surface area (Å²) in [5.74, 6) is 0.0135. The standard InChI is InChI=1S/C15H22N2O3/c1-11(2)10-16-15(19)17-13(9-14(18)20-3)12-7-5-4-6-8-12/h4-8,11,13H,9-10H2,1-3H3,(H2,16,17,19)/t13-/m1/s1. The van der Waals surface area contributed by atoms with Gasteiger partial charge in [-0.05, 0) is 11.5 Å². The number of hydrogen-bond donors (Lipinski definition) is 2. The number of carbonyl (C=O) groups is 2. The molecule has 20 heavy (non-hydrogen) atoms. The first-order valence-electron chi connectivity index (χ1n) is 6.69. The molecule has 5 heteroatoms. The Morgan fingerprint density at radius 2 is 1.85 bits per heavy atom. The lowest BCUT2D eigenvalue weighted by Crippen LogP contribution is -2.40. The quantitative estimate of drug-likeness (QED) is 0.784. The number of benzene rings is 1. The molecule has 0 aliphatic heterocycles. The van der Waals surface area contributed by atoms with Gasteiger partial charge in [0.15, 0.2) is 0 Å². The maximum absolute atomic E-state index is 11.8. The molecule has 1 rings (SSSR count). The Labute approximate surface area is 119 Å². The van der Waals surface area contributed by atoms with Crippen molar-refractivity contribution in [1.29, 1.82) is 0 Å². The molecule has 0 radical (unpaired) electrons. The molecule has 1 atom stereocenters. The Balaban J connectivity index is 2.68. The van der Waals surface area contributed by atoms with E-state index in [4.69, 9.17) is 0 Å². The highest BCUT2D eigenvalue weighted by Crippen LogP contribution is 2.16. The monoisotopic (exact) mass is 278 g/mol. The fourth-order valence-corrected chi connectivity index (χ4v) is 1.69. The largest absolute Gasteiger partial charge is 0.469 e. The third kappa shape index (κ3) is 5.73. The van der Waals surface area contributed by atoms with Crippen molar-refractivity contribution in [1.82, 2.24) is 10.6 Å². The number of hydrogen-bond acceptors (Lipinski definition) is 3. The molecule has 0 saturated carbocycles. The van der Waals surface area contributed by atoms with E-state index in [0.717, 1.165) is 5.56 Å². The van der Waals surface area contributed by atoms with E-state index in [1.54, 1.807) is 0 Å². The Bertz CT molecular complexity index is 432. The molecule has 0 heterocycles. The number of rotatable bonds is 6. The lowest BCUT2D eigenvalue weighted by atomic mass is 10.0. The van der Waals surface area contributed by atoms with Gasteiger partial charge in [-0.2, -0.15) is 0 Å². The van der Waals surface area contributed by atoms with Crippen LogP contribution < -0.4 is 10.6 Å². The molecule has 0 aliphatic rings. The number of esters is 1. The molecule has 0 unspecified atom stereocenters. The second-order valence-corrected chi connectivity index (χ2v) is 4.99. The second kappa shape index (κ2) is 8.19. The normalized spacial score (nSPS) is 11.8. The molecule has 5 nitrogen and oxygen atoms in total. The molecule has 1 aromatic carbocycles. The van der Waals surface area contributed by atoms with Crippen molar-refractivity contribution in [3.63, 3.8) is 0 Å². The predicted octanol–water partition coefficient (Wildman–Crippen LogP) is 2.25. The zero-order valence-electron chi connectivity index (χ0n) is 12.2. The summed E-state index contributed by atoms with van der Waals surface area (Å²) in [5.41, 5.74) is 0.873. The number of nitrogens with one attached hydrogen (secondary N) is 2. The molecular weight excluding hydrogens is 256 g/mol. The van der Waals surface area contributed by atoms with Gasteiger partial charge in [0, 0.05) is 6.54 Å². The Morgan fingerprint density at radius 3 is 2.40 bits per heavy atom. The molecule has 0 bridgehead atoms. The molecule has 0 saturated heterocycles. The fourth-order valence-electron chi connectivity index (χ4n) is 1.69. The highest BCUT2D eigenvalue weighted by molar-refractivity contribution is 5.76. The fraction of sp³-hybridized carbons (Fsp3) is 0.467. The number of amides is 2. The van der Waals surface area contributed by atoms with Gasteiger partial charge < -0.3 is 15.4 Å². The smallest absolute Gasteiger partial charge is 0.315 e. The molecule has 110 valence electrons. The highest BCUT2D eigenvalue weighted by atomic mass is 16.5. The molecule has 2 N–H and O–H groups in total. The van der Waals surface area contributed by atoms with Crippen molar-refractivity contribution < 1.29 is 14.3 Å². The molecule has 0 fully saturated rings. The highest BCUT2D eigenvalue weighted by Gasteiger charge is 2.18. The van der Waals surface area contributed by atoms with Crippen molar-refractivity contribution in [2.75, 3.05) is 13.7 Å². The van der Waals surface area contributed by atoms with Gasteiger partial charge in [-0.25, -0.2) is 4.79 Å². The second-order valence-electron chi connectivity index (χ2n) is 4.99. The number of ether oxygens (including phenoxy) is 1. The van der Waals surface area contributed by atoms with Crippen LogP contribution in [0.5, 0.6) is 0 Å². The summed E-state index contributed by atoms with van der Waals surface area (Å²) in [6.07, 6.45) is 0.107. The van der Waals surface area contributed by atoms with E-state index in [1.807, 2.05) is 44.2 Å². The summed E-state index contributed by atoms with van der Waals surface area (Å²) in [6.45, 7) is 4.62. The topological polar surface area (TPSA) is 67.4 Å². The van der Waals surface area contributed by atoms with Crippen LogP contribution in [0.4, 0.5) is 4.79 Å². The molecule has 0 aromatic heterocycles. The lowest BCUT2D eigenvalue weighted by Gasteiger charge is -2.19. The third-order valence-electron chi connectivity index (χ3n) is 2.78. The van der Waals surface area contributed by atoms with E-state index in [2.05, 4.69) is 15.4 Å². The van der Waals surface area contributed by atoms with E-state index >= 15 is 0 Å². The Morgan fingerprint density at radius 1 is 1.20 bits per heavy atom. The number of carbonyl (C=O) groups excluding carboxylic acids is 2. The SMILES string of the molecule is COC(=O)C[C@@H](NC(=O)NCC(C)C)c1ccccc1. The van der Waals surface area contributed by atoms with Gasteiger partial charge in [-0.15, -0.1) is 0 Å². The van der Waals surface area contributed by atoms with Gasteiger partial charge in [0.2, 0.25) is 0 Å². The molecular formula is C15H22N2O3. The van der Waals surface area contributed by atoms with Gasteiger partial charge >= 0.3 is 12.0 Å². The van der Waals surface area contributed by atoms with Crippen LogP contribution in [-0.2, 0) is 9.53 Å². The van der Waals surface area contributed by atoms with E-state index in [9.17, 15) is 9.59 Å². The van der Waals surface area contributed by atoms with Crippen LogP contribution in [0.15, 0.2) is 30.3 Å². The van der Waals surface area contributed by atoms with E-state index in [0.29, 0.717) is 12.5 Å². The van der Waals surface area contributed by atoms with Crippen LogP contribution in [0.3, 0.4) is 0 Å². The third-order valence-corrected chi connectivity index (χ3v) is 2.78. The van der Waals surface area contributed by atoms with Crippen molar-refractivity contribution in [3.8, 4) is 0 Å². The number of methoxy groups -OCH3 is 1. The Kier molecular flexibility index (Phi) is 6.56.